The van der Waals surface area contributed by atoms with Gasteiger partial charge in [-0.05, 0) is 19.3 Å². The maximum Gasteiger partial charge on any atom is 0.326 e. The fraction of sp³-hybridized carbons (Fsp3) is 0.647. The number of amides is 4. The van der Waals surface area contributed by atoms with Crippen molar-refractivity contribution in [2.24, 2.45) is 17.4 Å². The molecule has 0 aromatic carbocycles. The Morgan fingerprint density at radius 1 is 0.800 bits per heavy atom. The number of hydrogen-bond donors (Lipinski definition) is 7. The molecule has 0 aliphatic carbocycles. The van der Waals surface area contributed by atoms with Gasteiger partial charge in [0.05, 0.1) is 18.9 Å². The Kier molecular flexibility index (Phi) is 11.0. The summed E-state index contributed by atoms with van der Waals surface area (Å²) in [6.07, 6.45) is -1.12. The Morgan fingerprint density at radius 3 is 1.77 bits per heavy atom. The van der Waals surface area contributed by atoms with E-state index < -0.39 is 72.6 Å². The number of hydrogen-bond acceptors (Lipinski definition) is 7. The number of nitrogens with one attached hydrogen (secondary N) is 3. The van der Waals surface area contributed by atoms with Gasteiger partial charge >= 0.3 is 11.9 Å². The number of rotatable bonds is 13. The van der Waals surface area contributed by atoms with Gasteiger partial charge in [-0.2, -0.15) is 0 Å². The first kappa shape index (κ1) is 26.8. The molecule has 0 saturated carbocycles. The quantitative estimate of drug-likeness (QED) is 0.160. The van der Waals surface area contributed by atoms with Crippen molar-refractivity contribution in [1.29, 1.82) is 0 Å². The van der Waals surface area contributed by atoms with Crippen LogP contribution in [0.3, 0.4) is 0 Å². The van der Waals surface area contributed by atoms with E-state index in [4.69, 9.17) is 21.7 Å². The van der Waals surface area contributed by atoms with Gasteiger partial charge in [0.25, 0.3) is 0 Å². The van der Waals surface area contributed by atoms with Gasteiger partial charge in [-0.25, -0.2) is 4.79 Å². The van der Waals surface area contributed by atoms with E-state index in [0.717, 1.165) is 0 Å². The Hall–Kier alpha value is -3.22. The Bertz CT molecular complexity index is 681. The molecule has 0 heterocycles. The lowest BCUT2D eigenvalue weighted by atomic mass is 10.0. The van der Waals surface area contributed by atoms with Gasteiger partial charge in [0.15, 0.2) is 0 Å². The SMILES string of the molecule is CC(C)CC(NC(=O)C(C)NC(=O)C(N)CC(=O)O)C(=O)NC(CC(N)=O)C(=O)O. The number of nitrogens with two attached hydrogens (primary N) is 2. The predicted molar refractivity (Wildman–Crippen MR) is 103 cm³/mol. The number of carbonyl (C=O) groups is 6. The number of carbonyl (C=O) groups excluding carboxylic acids is 4. The third-order valence-corrected chi connectivity index (χ3v) is 3.84. The highest BCUT2D eigenvalue weighted by atomic mass is 16.4. The molecule has 170 valence electrons. The van der Waals surface area contributed by atoms with Crippen molar-refractivity contribution in [3.8, 4) is 0 Å². The fourth-order valence-electron chi connectivity index (χ4n) is 2.34. The highest BCUT2D eigenvalue weighted by molar-refractivity contribution is 5.95. The minimum atomic E-state index is -1.56. The maximum atomic E-state index is 12.5. The molecule has 0 aromatic heterocycles. The van der Waals surface area contributed by atoms with Crippen LogP contribution in [-0.2, 0) is 28.8 Å². The zero-order valence-electron chi connectivity index (χ0n) is 17.0. The normalized spacial score (nSPS) is 14.7. The van der Waals surface area contributed by atoms with Crippen molar-refractivity contribution in [2.75, 3.05) is 0 Å². The van der Waals surface area contributed by atoms with Gasteiger partial charge in [-0.3, -0.25) is 24.0 Å². The number of carboxylic acids is 2. The molecule has 4 amide bonds. The standard InChI is InChI=1S/C17H29N5O8/c1-7(2)4-10(16(28)22-11(17(29)30)6-12(19)23)21-14(26)8(3)20-15(27)9(18)5-13(24)25/h7-11H,4-6,18H2,1-3H3,(H2,19,23)(H,20,27)(H,21,26)(H,22,28)(H,24,25)(H,29,30). The zero-order valence-corrected chi connectivity index (χ0v) is 17.0. The van der Waals surface area contributed by atoms with Crippen LogP contribution in [0.15, 0.2) is 0 Å². The smallest absolute Gasteiger partial charge is 0.326 e. The fourth-order valence-corrected chi connectivity index (χ4v) is 2.34. The van der Waals surface area contributed by atoms with Crippen LogP contribution < -0.4 is 27.4 Å². The van der Waals surface area contributed by atoms with Crippen molar-refractivity contribution < 1.29 is 39.0 Å². The second-order valence-electron chi connectivity index (χ2n) is 7.20. The second kappa shape index (κ2) is 12.4. The van der Waals surface area contributed by atoms with E-state index in [-0.39, 0.29) is 12.3 Å². The zero-order chi connectivity index (χ0) is 23.6. The van der Waals surface area contributed by atoms with Crippen LogP contribution in [0.1, 0.15) is 40.0 Å². The molecular weight excluding hydrogens is 402 g/mol. The predicted octanol–water partition coefficient (Wildman–Crippen LogP) is -2.73. The second-order valence-corrected chi connectivity index (χ2v) is 7.20. The first-order chi connectivity index (χ1) is 13.7. The Balaban J connectivity index is 5.13. The lowest BCUT2D eigenvalue weighted by molar-refractivity contribution is -0.143. The molecule has 0 aromatic rings. The van der Waals surface area contributed by atoms with Crippen LogP contribution in [0.4, 0.5) is 0 Å². The summed E-state index contributed by atoms with van der Waals surface area (Å²) in [5.74, 6) is -6.23. The van der Waals surface area contributed by atoms with E-state index in [0.29, 0.717) is 0 Å². The van der Waals surface area contributed by atoms with Crippen molar-refractivity contribution in [3.63, 3.8) is 0 Å². The minimum Gasteiger partial charge on any atom is -0.481 e. The molecule has 0 aliphatic heterocycles. The summed E-state index contributed by atoms with van der Waals surface area (Å²) >= 11 is 0. The summed E-state index contributed by atoms with van der Waals surface area (Å²) in [5.41, 5.74) is 10.4. The Labute approximate surface area is 172 Å². The summed E-state index contributed by atoms with van der Waals surface area (Å²) in [6, 6.07) is -5.23. The number of aliphatic carboxylic acids is 2. The van der Waals surface area contributed by atoms with Gasteiger partial charge in [-0.1, -0.05) is 13.8 Å². The lowest BCUT2D eigenvalue weighted by Gasteiger charge is -2.24. The molecule has 30 heavy (non-hydrogen) atoms. The highest BCUT2D eigenvalue weighted by Gasteiger charge is 2.30. The number of carboxylic acid groups (broad SMARTS) is 2. The molecule has 0 spiro atoms. The van der Waals surface area contributed by atoms with Crippen LogP contribution >= 0.6 is 0 Å². The largest absolute Gasteiger partial charge is 0.481 e. The third kappa shape index (κ3) is 10.4. The molecule has 0 saturated heterocycles. The van der Waals surface area contributed by atoms with E-state index >= 15 is 0 Å². The molecule has 9 N–H and O–H groups in total. The number of primary amides is 1. The molecule has 0 radical (unpaired) electrons. The van der Waals surface area contributed by atoms with Crippen molar-refractivity contribution in [2.45, 2.75) is 64.2 Å². The van der Waals surface area contributed by atoms with Crippen molar-refractivity contribution >= 4 is 35.6 Å². The van der Waals surface area contributed by atoms with E-state index in [1.165, 1.54) is 6.92 Å². The van der Waals surface area contributed by atoms with Crippen LogP contribution in [0, 0.1) is 5.92 Å². The van der Waals surface area contributed by atoms with Gasteiger partial charge in [0, 0.05) is 0 Å². The van der Waals surface area contributed by atoms with Crippen molar-refractivity contribution in [1.82, 2.24) is 16.0 Å². The molecule has 13 heteroatoms. The molecule has 4 atom stereocenters. The minimum absolute atomic E-state index is 0.0747. The first-order valence-corrected chi connectivity index (χ1v) is 9.14. The van der Waals surface area contributed by atoms with E-state index in [1.54, 1.807) is 13.8 Å². The summed E-state index contributed by atoms with van der Waals surface area (Å²) < 4.78 is 0. The van der Waals surface area contributed by atoms with Crippen LogP contribution in [0.2, 0.25) is 0 Å². The molecule has 0 fully saturated rings. The molecule has 0 rings (SSSR count). The lowest BCUT2D eigenvalue weighted by Crippen LogP contribution is -2.57. The van der Waals surface area contributed by atoms with Crippen LogP contribution in [0.5, 0.6) is 0 Å². The van der Waals surface area contributed by atoms with Gasteiger partial charge in [-0.15, -0.1) is 0 Å². The summed E-state index contributed by atoms with van der Waals surface area (Å²) in [5, 5.41) is 24.5. The molecular formula is C17H29N5O8. The van der Waals surface area contributed by atoms with Crippen LogP contribution in [0.25, 0.3) is 0 Å². The molecule has 0 bridgehead atoms. The van der Waals surface area contributed by atoms with Crippen LogP contribution in [-0.4, -0.2) is 69.9 Å². The molecule has 4 unspecified atom stereocenters. The topological polar surface area (TPSA) is 231 Å². The first-order valence-electron chi connectivity index (χ1n) is 9.14. The molecule has 13 nitrogen and oxygen atoms in total. The average Bonchev–Trinajstić information content (AvgIpc) is 2.58. The summed E-state index contributed by atoms with van der Waals surface area (Å²) in [6.45, 7) is 4.83. The monoisotopic (exact) mass is 431 g/mol. The van der Waals surface area contributed by atoms with Crippen molar-refractivity contribution in [3.05, 3.63) is 0 Å². The van der Waals surface area contributed by atoms with Gasteiger partial charge in [0.2, 0.25) is 23.6 Å². The van der Waals surface area contributed by atoms with E-state index in [9.17, 15) is 28.8 Å². The van der Waals surface area contributed by atoms with Gasteiger partial charge < -0.3 is 37.6 Å². The van der Waals surface area contributed by atoms with E-state index in [1.807, 2.05) is 0 Å². The third-order valence-electron chi connectivity index (χ3n) is 3.84. The van der Waals surface area contributed by atoms with E-state index in [2.05, 4.69) is 16.0 Å². The highest BCUT2D eigenvalue weighted by Crippen LogP contribution is 2.07. The molecule has 0 aliphatic rings. The Morgan fingerprint density at radius 2 is 1.33 bits per heavy atom. The van der Waals surface area contributed by atoms with Gasteiger partial charge in [0.1, 0.15) is 18.1 Å². The summed E-state index contributed by atoms with van der Waals surface area (Å²) in [4.78, 5) is 69.5. The average molecular weight is 431 g/mol. The maximum absolute atomic E-state index is 12.5. The summed E-state index contributed by atoms with van der Waals surface area (Å²) in [7, 11) is 0.